The minimum atomic E-state index is 0.343. The van der Waals surface area contributed by atoms with Crippen molar-refractivity contribution in [2.24, 2.45) is 5.73 Å². The van der Waals surface area contributed by atoms with Crippen LogP contribution < -0.4 is 5.73 Å². The van der Waals surface area contributed by atoms with Crippen LogP contribution in [0.25, 0.3) is 10.7 Å². The third-order valence-corrected chi connectivity index (χ3v) is 3.98. The lowest BCUT2D eigenvalue weighted by Crippen LogP contribution is -2.25. The van der Waals surface area contributed by atoms with Gasteiger partial charge in [-0.05, 0) is 25.7 Å². The number of aromatic nitrogens is 3. The van der Waals surface area contributed by atoms with Gasteiger partial charge in [-0.3, -0.25) is 4.98 Å². The Balaban J connectivity index is 1.76. The SMILES string of the molecule is NC1CCC(c2nc(-c3cncs3)no2)CC1. The van der Waals surface area contributed by atoms with E-state index in [4.69, 9.17) is 10.3 Å². The van der Waals surface area contributed by atoms with Crippen molar-refractivity contribution in [3.8, 4) is 10.7 Å². The lowest BCUT2D eigenvalue weighted by Gasteiger charge is -2.22. The van der Waals surface area contributed by atoms with Gasteiger partial charge >= 0.3 is 0 Å². The molecule has 1 aliphatic rings. The van der Waals surface area contributed by atoms with Gasteiger partial charge in [-0.25, -0.2) is 0 Å². The molecule has 17 heavy (non-hydrogen) atoms. The van der Waals surface area contributed by atoms with Crippen LogP contribution in [-0.4, -0.2) is 21.2 Å². The molecule has 0 bridgehead atoms. The summed E-state index contributed by atoms with van der Waals surface area (Å²) in [6, 6.07) is 0.343. The highest BCUT2D eigenvalue weighted by molar-refractivity contribution is 7.13. The molecule has 2 aromatic rings. The standard InChI is InChI=1S/C11H14N4OS/c12-8-3-1-7(2-4-8)11-14-10(15-16-11)9-5-13-6-17-9/h5-8H,1-4,12H2. The molecule has 1 saturated carbocycles. The van der Waals surface area contributed by atoms with E-state index in [1.807, 2.05) is 0 Å². The van der Waals surface area contributed by atoms with Gasteiger partial charge in [0.25, 0.3) is 0 Å². The molecular weight excluding hydrogens is 236 g/mol. The van der Waals surface area contributed by atoms with Crippen molar-refractivity contribution >= 4 is 11.3 Å². The summed E-state index contributed by atoms with van der Waals surface area (Å²) in [5, 5.41) is 4.01. The summed E-state index contributed by atoms with van der Waals surface area (Å²) in [4.78, 5) is 9.42. The van der Waals surface area contributed by atoms with Crippen molar-refractivity contribution in [2.75, 3.05) is 0 Å². The van der Waals surface area contributed by atoms with Crippen LogP contribution in [0.4, 0.5) is 0 Å². The van der Waals surface area contributed by atoms with E-state index < -0.39 is 0 Å². The van der Waals surface area contributed by atoms with Gasteiger partial charge in [0.05, 0.1) is 10.4 Å². The molecule has 0 saturated heterocycles. The van der Waals surface area contributed by atoms with Crippen molar-refractivity contribution in [3.05, 3.63) is 17.6 Å². The Kier molecular flexibility index (Phi) is 2.90. The fourth-order valence-electron chi connectivity index (χ4n) is 2.19. The van der Waals surface area contributed by atoms with Gasteiger partial charge in [0.15, 0.2) is 0 Å². The summed E-state index contributed by atoms with van der Waals surface area (Å²) < 4.78 is 5.34. The molecule has 0 aromatic carbocycles. The fraction of sp³-hybridized carbons (Fsp3) is 0.545. The van der Waals surface area contributed by atoms with E-state index in [1.165, 1.54) is 11.3 Å². The molecule has 0 spiro atoms. The van der Waals surface area contributed by atoms with Crippen molar-refractivity contribution in [3.63, 3.8) is 0 Å². The highest BCUT2D eigenvalue weighted by Crippen LogP contribution is 2.32. The van der Waals surface area contributed by atoms with Gasteiger partial charge < -0.3 is 10.3 Å². The third kappa shape index (κ3) is 2.23. The molecule has 1 fully saturated rings. The third-order valence-electron chi connectivity index (χ3n) is 3.22. The van der Waals surface area contributed by atoms with E-state index in [0.717, 1.165) is 36.5 Å². The van der Waals surface area contributed by atoms with E-state index in [-0.39, 0.29) is 0 Å². The highest BCUT2D eigenvalue weighted by atomic mass is 32.1. The predicted octanol–water partition coefficient (Wildman–Crippen LogP) is 2.18. The summed E-state index contributed by atoms with van der Waals surface area (Å²) in [6.07, 6.45) is 5.94. The topological polar surface area (TPSA) is 77.8 Å². The zero-order valence-corrected chi connectivity index (χ0v) is 10.2. The minimum Gasteiger partial charge on any atom is -0.339 e. The van der Waals surface area contributed by atoms with Gasteiger partial charge in [0.2, 0.25) is 11.7 Å². The molecule has 3 rings (SSSR count). The predicted molar refractivity (Wildman–Crippen MR) is 64.6 cm³/mol. The van der Waals surface area contributed by atoms with Crippen molar-refractivity contribution in [2.45, 2.75) is 37.6 Å². The Morgan fingerprint density at radius 1 is 1.29 bits per heavy atom. The lowest BCUT2D eigenvalue weighted by atomic mass is 9.86. The monoisotopic (exact) mass is 250 g/mol. The maximum absolute atomic E-state index is 5.88. The zero-order chi connectivity index (χ0) is 11.7. The summed E-state index contributed by atoms with van der Waals surface area (Å²) in [5.74, 6) is 1.78. The Hall–Kier alpha value is -1.27. The number of hydrogen-bond acceptors (Lipinski definition) is 6. The molecule has 0 atom stereocenters. The van der Waals surface area contributed by atoms with Crippen LogP contribution in [0.3, 0.4) is 0 Å². The second-order valence-corrected chi connectivity index (χ2v) is 5.32. The molecular formula is C11H14N4OS. The zero-order valence-electron chi connectivity index (χ0n) is 9.37. The molecule has 0 aliphatic heterocycles. The van der Waals surface area contributed by atoms with Gasteiger partial charge in [-0.15, -0.1) is 11.3 Å². The van der Waals surface area contributed by atoms with Gasteiger partial charge in [0, 0.05) is 18.2 Å². The molecule has 0 amide bonds. The largest absolute Gasteiger partial charge is 0.339 e. The molecule has 2 aromatic heterocycles. The average molecular weight is 250 g/mol. The van der Waals surface area contributed by atoms with Crippen molar-refractivity contribution in [1.82, 2.24) is 15.1 Å². The van der Waals surface area contributed by atoms with Crippen LogP contribution in [0.15, 0.2) is 16.2 Å². The highest BCUT2D eigenvalue weighted by Gasteiger charge is 2.25. The molecule has 1 aliphatic carbocycles. The van der Waals surface area contributed by atoms with E-state index >= 15 is 0 Å². The first kappa shape index (κ1) is 10.9. The Morgan fingerprint density at radius 2 is 2.12 bits per heavy atom. The van der Waals surface area contributed by atoms with Crippen molar-refractivity contribution in [1.29, 1.82) is 0 Å². The van der Waals surface area contributed by atoms with Crippen LogP contribution in [-0.2, 0) is 0 Å². The molecule has 0 radical (unpaired) electrons. The second-order valence-electron chi connectivity index (χ2n) is 4.43. The van der Waals surface area contributed by atoms with Gasteiger partial charge in [0.1, 0.15) is 0 Å². The molecule has 2 heterocycles. The van der Waals surface area contributed by atoms with Gasteiger partial charge in [-0.1, -0.05) is 5.16 Å². The molecule has 5 nitrogen and oxygen atoms in total. The molecule has 2 N–H and O–H groups in total. The van der Waals surface area contributed by atoms with Crippen LogP contribution in [0.1, 0.15) is 37.5 Å². The molecule has 6 heteroatoms. The van der Waals surface area contributed by atoms with E-state index in [9.17, 15) is 0 Å². The number of thiazole rings is 1. The maximum Gasteiger partial charge on any atom is 0.230 e. The average Bonchev–Trinajstić information content (AvgIpc) is 3.00. The Labute approximate surface area is 103 Å². The number of rotatable bonds is 2. The smallest absolute Gasteiger partial charge is 0.230 e. The van der Waals surface area contributed by atoms with E-state index in [1.54, 1.807) is 11.7 Å². The number of nitrogens with two attached hydrogens (primary N) is 1. The van der Waals surface area contributed by atoms with Gasteiger partial charge in [-0.2, -0.15) is 4.98 Å². The molecule has 0 unspecified atom stereocenters. The first-order valence-corrected chi connectivity index (χ1v) is 6.69. The number of hydrogen-bond donors (Lipinski definition) is 1. The van der Waals surface area contributed by atoms with Crippen molar-refractivity contribution < 1.29 is 4.52 Å². The van der Waals surface area contributed by atoms with Crippen LogP contribution >= 0.6 is 11.3 Å². The Bertz CT molecular complexity index is 473. The summed E-state index contributed by atoms with van der Waals surface area (Å²) in [6.45, 7) is 0. The summed E-state index contributed by atoms with van der Waals surface area (Å²) in [7, 11) is 0. The summed E-state index contributed by atoms with van der Waals surface area (Å²) in [5.41, 5.74) is 7.65. The Morgan fingerprint density at radius 3 is 2.82 bits per heavy atom. The normalized spacial score (nSPS) is 25.0. The first-order valence-electron chi connectivity index (χ1n) is 5.81. The maximum atomic E-state index is 5.88. The molecule has 90 valence electrons. The van der Waals surface area contributed by atoms with E-state index in [2.05, 4.69) is 15.1 Å². The van der Waals surface area contributed by atoms with Crippen LogP contribution in [0.2, 0.25) is 0 Å². The lowest BCUT2D eigenvalue weighted by molar-refractivity contribution is 0.301. The van der Waals surface area contributed by atoms with Crippen LogP contribution in [0.5, 0.6) is 0 Å². The second kappa shape index (κ2) is 4.54. The summed E-state index contributed by atoms with van der Waals surface area (Å²) >= 11 is 1.52. The quantitative estimate of drug-likeness (QED) is 0.883. The van der Waals surface area contributed by atoms with E-state index in [0.29, 0.717) is 17.8 Å². The first-order chi connectivity index (χ1) is 8.33. The minimum absolute atomic E-state index is 0.343. The van der Waals surface area contributed by atoms with Crippen LogP contribution in [0, 0.1) is 0 Å². The fourth-order valence-corrected chi connectivity index (χ4v) is 2.74. The number of nitrogens with zero attached hydrogens (tertiary/aromatic N) is 3.